The summed E-state index contributed by atoms with van der Waals surface area (Å²) in [5.41, 5.74) is 9.71. The Balaban J connectivity index is 1.81. The molecular weight excluding hydrogens is 328 g/mol. The van der Waals surface area contributed by atoms with Crippen molar-refractivity contribution in [3.8, 4) is 28.3 Å². The first-order valence-corrected chi connectivity index (χ1v) is 8.06. The van der Waals surface area contributed by atoms with Gasteiger partial charge in [-0.3, -0.25) is 9.89 Å². The predicted octanol–water partition coefficient (Wildman–Crippen LogP) is 3.40. The van der Waals surface area contributed by atoms with E-state index < -0.39 is 5.91 Å². The van der Waals surface area contributed by atoms with Crippen molar-refractivity contribution in [1.82, 2.24) is 15.2 Å². The molecule has 4 aromatic rings. The lowest BCUT2D eigenvalue weighted by molar-refractivity contribution is 0.100. The molecule has 0 aliphatic heterocycles. The van der Waals surface area contributed by atoms with Gasteiger partial charge in [0.25, 0.3) is 0 Å². The van der Waals surface area contributed by atoms with Gasteiger partial charge >= 0.3 is 0 Å². The molecule has 2 heterocycles. The van der Waals surface area contributed by atoms with Gasteiger partial charge in [-0.05, 0) is 36.4 Å². The van der Waals surface area contributed by atoms with Gasteiger partial charge in [0.1, 0.15) is 5.75 Å². The van der Waals surface area contributed by atoms with Gasteiger partial charge in [-0.25, -0.2) is 4.98 Å². The molecule has 26 heavy (non-hydrogen) atoms. The zero-order chi connectivity index (χ0) is 18.1. The smallest absolute Gasteiger partial charge is 0.248 e. The first kappa shape index (κ1) is 15.8. The average Bonchev–Trinajstić information content (AvgIpc) is 3.11. The number of fused-ring (bicyclic) bond motifs is 1. The second kappa shape index (κ2) is 6.33. The summed E-state index contributed by atoms with van der Waals surface area (Å²) in [7, 11) is 1.63. The van der Waals surface area contributed by atoms with Crippen molar-refractivity contribution in [2.45, 2.75) is 0 Å². The Hall–Kier alpha value is -3.67. The number of pyridine rings is 1. The number of H-pyrrole nitrogens is 1. The Bertz CT molecular complexity index is 1120. The zero-order valence-corrected chi connectivity index (χ0v) is 14.1. The molecule has 0 saturated carbocycles. The Morgan fingerprint density at radius 1 is 1.08 bits per heavy atom. The maximum absolute atomic E-state index is 11.4. The first-order valence-electron chi connectivity index (χ1n) is 8.06. The number of aromatic amines is 1. The second-order valence-electron chi connectivity index (χ2n) is 5.81. The highest BCUT2D eigenvalue weighted by Gasteiger charge is 2.13. The third-order valence-electron chi connectivity index (χ3n) is 4.24. The van der Waals surface area contributed by atoms with Crippen LogP contribution in [0, 0.1) is 0 Å². The quantitative estimate of drug-likeness (QED) is 0.593. The number of amides is 1. The number of carbonyl (C=O) groups excluding carboxylic acids is 1. The van der Waals surface area contributed by atoms with E-state index in [4.69, 9.17) is 10.5 Å². The van der Waals surface area contributed by atoms with Crippen LogP contribution in [0.1, 0.15) is 10.4 Å². The van der Waals surface area contributed by atoms with Crippen LogP contribution in [0.25, 0.3) is 33.5 Å². The molecule has 0 atom stereocenters. The summed E-state index contributed by atoms with van der Waals surface area (Å²) >= 11 is 0. The number of benzene rings is 2. The van der Waals surface area contributed by atoms with Crippen molar-refractivity contribution < 1.29 is 9.53 Å². The number of hydrogen-bond donors (Lipinski definition) is 2. The van der Waals surface area contributed by atoms with E-state index in [1.807, 2.05) is 42.5 Å². The van der Waals surface area contributed by atoms with Crippen LogP contribution in [-0.2, 0) is 0 Å². The molecule has 0 spiro atoms. The molecule has 6 heteroatoms. The molecule has 2 aromatic carbocycles. The zero-order valence-electron chi connectivity index (χ0n) is 14.1. The van der Waals surface area contributed by atoms with E-state index in [0.29, 0.717) is 11.2 Å². The fraction of sp³-hybridized carbons (Fsp3) is 0.0500. The van der Waals surface area contributed by atoms with Gasteiger partial charge in [0.15, 0.2) is 5.65 Å². The largest absolute Gasteiger partial charge is 0.496 e. The van der Waals surface area contributed by atoms with Crippen molar-refractivity contribution in [1.29, 1.82) is 0 Å². The molecule has 2 aromatic heterocycles. The molecular formula is C20H16N4O2. The van der Waals surface area contributed by atoms with Crippen molar-refractivity contribution >= 4 is 16.9 Å². The number of methoxy groups -OCH3 is 1. The third kappa shape index (κ3) is 2.67. The van der Waals surface area contributed by atoms with E-state index in [0.717, 1.165) is 33.7 Å². The molecule has 0 aliphatic carbocycles. The molecule has 0 aliphatic rings. The summed E-state index contributed by atoms with van der Waals surface area (Å²) in [6.07, 6.45) is 0. The minimum atomic E-state index is -0.466. The molecule has 1 amide bonds. The summed E-state index contributed by atoms with van der Waals surface area (Å²) in [6.45, 7) is 0. The van der Waals surface area contributed by atoms with Crippen LogP contribution >= 0.6 is 0 Å². The molecule has 4 rings (SSSR count). The fourth-order valence-corrected chi connectivity index (χ4v) is 2.95. The number of aromatic nitrogens is 3. The van der Waals surface area contributed by atoms with E-state index in [2.05, 4.69) is 15.2 Å². The van der Waals surface area contributed by atoms with Gasteiger partial charge in [-0.15, -0.1) is 0 Å². The highest BCUT2D eigenvalue weighted by molar-refractivity contribution is 5.97. The molecule has 128 valence electrons. The van der Waals surface area contributed by atoms with E-state index in [1.54, 1.807) is 25.3 Å². The number of primary amides is 1. The summed E-state index contributed by atoms with van der Waals surface area (Å²) in [4.78, 5) is 16.1. The highest BCUT2D eigenvalue weighted by atomic mass is 16.5. The Morgan fingerprint density at radius 2 is 1.92 bits per heavy atom. The molecule has 0 bridgehead atoms. The molecule has 0 saturated heterocycles. The molecule has 6 nitrogen and oxygen atoms in total. The van der Waals surface area contributed by atoms with Gasteiger partial charge in [0, 0.05) is 22.1 Å². The van der Waals surface area contributed by atoms with Gasteiger partial charge < -0.3 is 10.5 Å². The van der Waals surface area contributed by atoms with Crippen LogP contribution < -0.4 is 10.5 Å². The summed E-state index contributed by atoms with van der Waals surface area (Å²) in [5.74, 6) is 0.288. The topological polar surface area (TPSA) is 93.9 Å². The monoisotopic (exact) mass is 344 g/mol. The predicted molar refractivity (Wildman–Crippen MR) is 99.8 cm³/mol. The van der Waals surface area contributed by atoms with E-state index >= 15 is 0 Å². The lowest BCUT2D eigenvalue weighted by atomic mass is 10.0. The number of rotatable bonds is 4. The number of nitrogens with zero attached hydrogens (tertiary/aromatic N) is 2. The SMILES string of the molecule is COc1ccccc1-c1ccc2c(-c3cccc(C(N)=O)c3)[nH]nc2n1. The molecule has 3 N–H and O–H groups in total. The van der Waals surface area contributed by atoms with Gasteiger partial charge in [0.2, 0.25) is 5.91 Å². The Labute approximate surface area is 149 Å². The highest BCUT2D eigenvalue weighted by Crippen LogP contribution is 2.31. The minimum Gasteiger partial charge on any atom is -0.496 e. The van der Waals surface area contributed by atoms with E-state index in [9.17, 15) is 4.79 Å². The van der Waals surface area contributed by atoms with Gasteiger partial charge in [-0.2, -0.15) is 5.10 Å². The standard InChI is InChI=1S/C20H16N4O2/c1-26-17-8-3-2-7-14(17)16-10-9-15-18(23-24-20(15)22-16)12-5-4-6-13(11-12)19(21)25/h2-11H,1H3,(H2,21,25)(H,22,23,24). The summed E-state index contributed by atoms with van der Waals surface area (Å²) < 4.78 is 5.41. The third-order valence-corrected chi connectivity index (χ3v) is 4.24. The number of ether oxygens (including phenoxy) is 1. The van der Waals surface area contributed by atoms with Crippen LogP contribution in [0.4, 0.5) is 0 Å². The van der Waals surface area contributed by atoms with Gasteiger partial charge in [-0.1, -0.05) is 24.3 Å². The number of para-hydroxylation sites is 1. The Morgan fingerprint density at radius 3 is 2.73 bits per heavy atom. The van der Waals surface area contributed by atoms with Crippen molar-refractivity contribution in [3.63, 3.8) is 0 Å². The fourth-order valence-electron chi connectivity index (χ4n) is 2.95. The van der Waals surface area contributed by atoms with E-state index in [1.165, 1.54) is 0 Å². The summed E-state index contributed by atoms with van der Waals surface area (Å²) in [6, 6.07) is 18.7. The lowest BCUT2D eigenvalue weighted by Crippen LogP contribution is -2.10. The maximum Gasteiger partial charge on any atom is 0.248 e. The van der Waals surface area contributed by atoms with Crippen LogP contribution in [0.5, 0.6) is 5.75 Å². The number of carbonyl (C=O) groups is 1. The van der Waals surface area contributed by atoms with E-state index in [-0.39, 0.29) is 0 Å². The van der Waals surface area contributed by atoms with Crippen LogP contribution in [0.3, 0.4) is 0 Å². The number of nitrogens with one attached hydrogen (secondary N) is 1. The van der Waals surface area contributed by atoms with Crippen LogP contribution in [0.2, 0.25) is 0 Å². The van der Waals surface area contributed by atoms with Crippen molar-refractivity contribution in [2.24, 2.45) is 5.73 Å². The Kier molecular flexibility index (Phi) is 3.85. The minimum absolute atomic E-state index is 0.448. The average molecular weight is 344 g/mol. The van der Waals surface area contributed by atoms with Crippen LogP contribution in [0.15, 0.2) is 60.7 Å². The normalized spacial score (nSPS) is 10.8. The maximum atomic E-state index is 11.4. The first-order chi connectivity index (χ1) is 12.7. The van der Waals surface area contributed by atoms with Gasteiger partial charge in [0.05, 0.1) is 18.5 Å². The number of nitrogens with two attached hydrogens (primary N) is 1. The lowest BCUT2D eigenvalue weighted by Gasteiger charge is -2.07. The molecule has 0 radical (unpaired) electrons. The number of hydrogen-bond acceptors (Lipinski definition) is 4. The van der Waals surface area contributed by atoms with Crippen molar-refractivity contribution in [3.05, 3.63) is 66.2 Å². The van der Waals surface area contributed by atoms with Crippen molar-refractivity contribution in [2.75, 3.05) is 7.11 Å². The summed E-state index contributed by atoms with van der Waals surface area (Å²) in [5, 5.41) is 8.19. The van der Waals surface area contributed by atoms with Crippen LogP contribution in [-0.4, -0.2) is 28.2 Å². The molecule has 0 unspecified atom stereocenters. The molecule has 0 fully saturated rings. The second-order valence-corrected chi connectivity index (χ2v) is 5.81.